The van der Waals surface area contributed by atoms with Gasteiger partial charge in [-0.25, -0.2) is 0 Å². The zero-order valence-electron chi connectivity index (χ0n) is 8.64. The molecule has 0 bridgehead atoms. The predicted molar refractivity (Wildman–Crippen MR) is 54.7 cm³/mol. The SMILES string of the molecule is C#CCC1(CCCC)C(=O)CCC1=O. The average Bonchev–Trinajstić information content (AvgIpc) is 2.44. The van der Waals surface area contributed by atoms with Crippen molar-refractivity contribution in [2.75, 3.05) is 0 Å². The Morgan fingerprint density at radius 1 is 1.36 bits per heavy atom. The Morgan fingerprint density at radius 2 is 1.93 bits per heavy atom. The number of ketones is 2. The minimum Gasteiger partial charge on any atom is -0.299 e. The molecule has 1 aliphatic carbocycles. The van der Waals surface area contributed by atoms with Gasteiger partial charge in [-0.1, -0.05) is 19.8 Å². The summed E-state index contributed by atoms with van der Waals surface area (Å²) >= 11 is 0. The Kier molecular flexibility index (Phi) is 3.46. The van der Waals surface area contributed by atoms with E-state index >= 15 is 0 Å². The van der Waals surface area contributed by atoms with Crippen molar-refractivity contribution in [3.63, 3.8) is 0 Å². The van der Waals surface area contributed by atoms with Gasteiger partial charge in [-0.2, -0.15) is 0 Å². The summed E-state index contributed by atoms with van der Waals surface area (Å²) in [5.74, 6) is 2.61. The molecule has 1 aliphatic rings. The zero-order chi connectivity index (χ0) is 10.6. The lowest BCUT2D eigenvalue weighted by molar-refractivity contribution is -0.135. The molecule has 0 N–H and O–H groups in total. The Bertz CT molecular complexity index is 267. The number of unbranched alkanes of at least 4 members (excludes halogenated alkanes) is 1. The number of Topliss-reactive ketones (excluding diaryl/α,β-unsaturated/α-hetero) is 2. The number of rotatable bonds is 4. The van der Waals surface area contributed by atoms with Crippen LogP contribution in [0.25, 0.3) is 0 Å². The van der Waals surface area contributed by atoms with Crippen LogP contribution < -0.4 is 0 Å². The zero-order valence-corrected chi connectivity index (χ0v) is 8.64. The van der Waals surface area contributed by atoms with Crippen molar-refractivity contribution in [2.24, 2.45) is 5.41 Å². The lowest BCUT2D eigenvalue weighted by atomic mass is 9.77. The van der Waals surface area contributed by atoms with Crippen molar-refractivity contribution in [1.29, 1.82) is 0 Å². The molecule has 1 saturated carbocycles. The highest BCUT2D eigenvalue weighted by Crippen LogP contribution is 2.39. The third-order valence-corrected chi connectivity index (χ3v) is 3.01. The molecule has 76 valence electrons. The second-order valence-electron chi connectivity index (χ2n) is 3.91. The molecule has 0 aromatic rings. The summed E-state index contributed by atoms with van der Waals surface area (Å²) in [5, 5.41) is 0. The summed E-state index contributed by atoms with van der Waals surface area (Å²) in [5.41, 5.74) is -0.801. The summed E-state index contributed by atoms with van der Waals surface area (Å²) in [6, 6.07) is 0. The van der Waals surface area contributed by atoms with Crippen molar-refractivity contribution in [2.45, 2.75) is 45.4 Å². The molecule has 0 spiro atoms. The number of carbonyl (C=O) groups is 2. The second kappa shape index (κ2) is 4.41. The molecule has 0 unspecified atom stereocenters. The normalized spacial score (nSPS) is 19.7. The Morgan fingerprint density at radius 3 is 2.36 bits per heavy atom. The first-order valence-electron chi connectivity index (χ1n) is 5.17. The van der Waals surface area contributed by atoms with Crippen molar-refractivity contribution >= 4 is 11.6 Å². The first kappa shape index (κ1) is 11.0. The van der Waals surface area contributed by atoms with Gasteiger partial charge in [-0.3, -0.25) is 9.59 Å². The van der Waals surface area contributed by atoms with Gasteiger partial charge in [-0.15, -0.1) is 12.3 Å². The minimum absolute atomic E-state index is 0.0638. The van der Waals surface area contributed by atoms with Crippen LogP contribution >= 0.6 is 0 Å². The fraction of sp³-hybridized carbons (Fsp3) is 0.667. The second-order valence-corrected chi connectivity index (χ2v) is 3.91. The van der Waals surface area contributed by atoms with Gasteiger partial charge in [-0.05, 0) is 6.42 Å². The topological polar surface area (TPSA) is 34.1 Å². The van der Waals surface area contributed by atoms with Crippen molar-refractivity contribution in [1.82, 2.24) is 0 Å². The van der Waals surface area contributed by atoms with Crippen molar-refractivity contribution in [3.05, 3.63) is 0 Å². The van der Waals surface area contributed by atoms with Crippen LogP contribution in [0.1, 0.15) is 45.4 Å². The molecular formula is C12H16O2. The molecule has 0 aromatic heterocycles. The average molecular weight is 192 g/mol. The van der Waals surface area contributed by atoms with Gasteiger partial charge in [0.1, 0.15) is 11.6 Å². The predicted octanol–water partition coefficient (Wildman–Crippen LogP) is 2.12. The van der Waals surface area contributed by atoms with Gasteiger partial charge < -0.3 is 0 Å². The van der Waals surface area contributed by atoms with E-state index in [1.807, 2.05) is 6.92 Å². The molecule has 1 rings (SSSR count). The van der Waals surface area contributed by atoms with Crippen LogP contribution in [-0.4, -0.2) is 11.6 Å². The molecule has 1 fully saturated rings. The summed E-state index contributed by atoms with van der Waals surface area (Å²) in [7, 11) is 0. The van der Waals surface area contributed by atoms with E-state index in [1.54, 1.807) is 0 Å². The van der Waals surface area contributed by atoms with E-state index in [2.05, 4.69) is 5.92 Å². The van der Waals surface area contributed by atoms with Crippen LogP contribution in [-0.2, 0) is 9.59 Å². The molecule has 0 atom stereocenters. The fourth-order valence-electron chi connectivity index (χ4n) is 2.08. The number of hydrogen-bond donors (Lipinski definition) is 0. The van der Waals surface area contributed by atoms with Crippen LogP contribution in [0.4, 0.5) is 0 Å². The molecular weight excluding hydrogens is 176 g/mol. The Balaban J connectivity index is 2.85. The molecule has 2 heteroatoms. The number of carbonyl (C=O) groups excluding carboxylic acids is 2. The molecule has 0 amide bonds. The van der Waals surface area contributed by atoms with E-state index in [1.165, 1.54) is 0 Å². The third-order valence-electron chi connectivity index (χ3n) is 3.01. The van der Waals surface area contributed by atoms with Gasteiger partial charge in [0.2, 0.25) is 0 Å². The molecule has 0 heterocycles. The summed E-state index contributed by atoms with van der Waals surface area (Å²) in [4.78, 5) is 23.4. The maximum atomic E-state index is 11.7. The van der Waals surface area contributed by atoms with Crippen molar-refractivity contribution in [3.8, 4) is 12.3 Å². The van der Waals surface area contributed by atoms with Gasteiger partial charge >= 0.3 is 0 Å². The Hall–Kier alpha value is -1.10. The molecule has 0 aromatic carbocycles. The summed E-state index contributed by atoms with van der Waals surface area (Å²) in [6.45, 7) is 2.05. The van der Waals surface area contributed by atoms with Crippen LogP contribution in [0.15, 0.2) is 0 Å². The summed E-state index contributed by atoms with van der Waals surface area (Å²) < 4.78 is 0. The first-order valence-corrected chi connectivity index (χ1v) is 5.17. The van der Waals surface area contributed by atoms with E-state index in [-0.39, 0.29) is 11.6 Å². The van der Waals surface area contributed by atoms with Crippen LogP contribution in [0, 0.1) is 17.8 Å². The first-order chi connectivity index (χ1) is 6.67. The molecule has 14 heavy (non-hydrogen) atoms. The molecule has 0 saturated heterocycles. The largest absolute Gasteiger partial charge is 0.299 e. The van der Waals surface area contributed by atoms with E-state index < -0.39 is 5.41 Å². The maximum absolute atomic E-state index is 11.7. The van der Waals surface area contributed by atoms with Crippen LogP contribution in [0.5, 0.6) is 0 Å². The highest BCUT2D eigenvalue weighted by atomic mass is 16.2. The van der Waals surface area contributed by atoms with Crippen LogP contribution in [0.3, 0.4) is 0 Å². The monoisotopic (exact) mass is 192 g/mol. The molecule has 0 aliphatic heterocycles. The standard InChI is InChI=1S/C12H16O2/c1-3-5-9-12(8-4-2)10(13)6-7-11(12)14/h2H,3,5-9H2,1H3. The van der Waals surface area contributed by atoms with E-state index in [0.29, 0.717) is 25.7 Å². The number of terminal acetylenes is 1. The quantitative estimate of drug-likeness (QED) is 0.505. The van der Waals surface area contributed by atoms with Crippen molar-refractivity contribution < 1.29 is 9.59 Å². The Labute approximate surface area is 85.1 Å². The van der Waals surface area contributed by atoms with E-state index in [9.17, 15) is 9.59 Å². The highest BCUT2D eigenvalue weighted by Gasteiger charge is 2.47. The van der Waals surface area contributed by atoms with Gasteiger partial charge in [0.15, 0.2) is 0 Å². The smallest absolute Gasteiger partial charge is 0.147 e. The lowest BCUT2D eigenvalue weighted by Gasteiger charge is -2.22. The van der Waals surface area contributed by atoms with Gasteiger partial charge in [0.25, 0.3) is 0 Å². The van der Waals surface area contributed by atoms with Gasteiger partial charge in [0.05, 0.1) is 5.41 Å². The van der Waals surface area contributed by atoms with E-state index in [0.717, 1.165) is 12.8 Å². The third kappa shape index (κ3) is 1.72. The lowest BCUT2D eigenvalue weighted by Crippen LogP contribution is -2.32. The molecule has 2 nitrogen and oxygen atoms in total. The molecule has 0 radical (unpaired) electrons. The van der Waals surface area contributed by atoms with Gasteiger partial charge in [0, 0.05) is 19.3 Å². The maximum Gasteiger partial charge on any atom is 0.147 e. The number of hydrogen-bond acceptors (Lipinski definition) is 2. The van der Waals surface area contributed by atoms with Crippen LogP contribution in [0.2, 0.25) is 0 Å². The highest BCUT2D eigenvalue weighted by molar-refractivity contribution is 6.13. The van der Waals surface area contributed by atoms with E-state index in [4.69, 9.17) is 6.42 Å². The minimum atomic E-state index is -0.801. The summed E-state index contributed by atoms with van der Waals surface area (Å²) in [6.07, 6.45) is 8.86. The fourth-order valence-corrected chi connectivity index (χ4v) is 2.08.